The number of aryl methyl sites for hydroxylation is 2. The average molecular weight is 415 g/mol. The Balaban J connectivity index is 1.86. The zero-order valence-electron chi connectivity index (χ0n) is 15.4. The second-order valence-corrected chi connectivity index (χ2v) is 7.75. The lowest BCUT2D eigenvalue weighted by Crippen LogP contribution is -2.30. The van der Waals surface area contributed by atoms with Gasteiger partial charge in [-0.15, -0.1) is 4.83 Å². The number of hydrazine groups is 1. The van der Waals surface area contributed by atoms with Crippen molar-refractivity contribution < 1.29 is 13.3 Å². The summed E-state index contributed by atoms with van der Waals surface area (Å²) in [4.78, 5) is 24.7. The van der Waals surface area contributed by atoms with E-state index in [1.54, 1.807) is 30.5 Å². The number of sulfonamides is 1. The largest absolute Gasteiger partial charge is 0.354 e. The van der Waals surface area contributed by atoms with Crippen LogP contribution in [0.15, 0.2) is 53.8 Å². The van der Waals surface area contributed by atoms with Crippen molar-refractivity contribution in [1.82, 2.24) is 19.8 Å². The molecule has 0 aliphatic carbocycles. The highest BCUT2D eigenvalue weighted by atomic mass is 32.2. The van der Waals surface area contributed by atoms with Gasteiger partial charge in [0.2, 0.25) is 11.6 Å². The van der Waals surface area contributed by atoms with Gasteiger partial charge in [0.1, 0.15) is 12.1 Å². The molecule has 1 aromatic carbocycles. The first-order valence-corrected chi connectivity index (χ1v) is 9.78. The maximum absolute atomic E-state index is 12.4. The molecule has 0 unspecified atom stereocenters. The molecule has 0 spiro atoms. The Hall–Kier alpha value is -3.64. The molecule has 12 heteroatoms. The standard InChI is InChI=1S/C17H17N7O4S/c1-11-3-6-13(7-4-11)29(27,28)23-22-17-15(24(25)26)16(19-10-20-17)21-14-8-5-12(2)9-18-14/h3-10,23H,1-2H3,(H2,18,19,20,21,22). The molecule has 0 radical (unpaired) electrons. The number of benzene rings is 1. The minimum atomic E-state index is -3.97. The van der Waals surface area contributed by atoms with Gasteiger partial charge in [-0.1, -0.05) is 23.8 Å². The minimum Gasteiger partial charge on any atom is -0.319 e. The van der Waals surface area contributed by atoms with Gasteiger partial charge in [0, 0.05) is 6.20 Å². The van der Waals surface area contributed by atoms with E-state index in [0.717, 1.165) is 17.5 Å². The number of nitrogens with one attached hydrogen (secondary N) is 3. The molecule has 29 heavy (non-hydrogen) atoms. The summed E-state index contributed by atoms with van der Waals surface area (Å²) in [5.41, 5.74) is 3.56. The van der Waals surface area contributed by atoms with E-state index in [1.807, 2.05) is 13.8 Å². The Morgan fingerprint density at radius 3 is 2.21 bits per heavy atom. The summed E-state index contributed by atoms with van der Waals surface area (Å²) in [5.74, 6) is -0.128. The van der Waals surface area contributed by atoms with Gasteiger partial charge in [-0.2, -0.15) is 0 Å². The second kappa shape index (κ2) is 8.16. The third kappa shape index (κ3) is 4.80. The predicted molar refractivity (Wildman–Crippen MR) is 106 cm³/mol. The fourth-order valence-electron chi connectivity index (χ4n) is 2.29. The van der Waals surface area contributed by atoms with Gasteiger partial charge in [-0.3, -0.25) is 15.5 Å². The molecule has 2 aromatic heterocycles. The summed E-state index contributed by atoms with van der Waals surface area (Å²) in [6.45, 7) is 3.68. The molecule has 0 amide bonds. The van der Waals surface area contributed by atoms with E-state index in [4.69, 9.17) is 0 Å². The van der Waals surface area contributed by atoms with E-state index in [0.29, 0.717) is 5.82 Å². The molecule has 0 saturated carbocycles. The molecule has 2 heterocycles. The molecule has 11 nitrogen and oxygen atoms in total. The van der Waals surface area contributed by atoms with Gasteiger partial charge in [0.15, 0.2) is 0 Å². The fraction of sp³-hybridized carbons (Fsp3) is 0.118. The lowest BCUT2D eigenvalue weighted by molar-refractivity contribution is -0.383. The molecular weight excluding hydrogens is 398 g/mol. The number of pyridine rings is 1. The van der Waals surface area contributed by atoms with E-state index in [2.05, 4.69) is 30.5 Å². The minimum absolute atomic E-state index is 0.00508. The summed E-state index contributed by atoms with van der Waals surface area (Å²) in [6.07, 6.45) is 2.65. The topological polar surface area (TPSA) is 152 Å². The van der Waals surface area contributed by atoms with E-state index in [9.17, 15) is 18.5 Å². The molecule has 0 atom stereocenters. The highest BCUT2D eigenvalue weighted by Gasteiger charge is 2.25. The molecule has 3 rings (SSSR count). The van der Waals surface area contributed by atoms with E-state index >= 15 is 0 Å². The smallest absolute Gasteiger partial charge is 0.319 e. The first-order valence-electron chi connectivity index (χ1n) is 8.30. The van der Waals surface area contributed by atoms with Crippen molar-refractivity contribution in [3.05, 3.63) is 70.2 Å². The summed E-state index contributed by atoms with van der Waals surface area (Å²) < 4.78 is 24.8. The van der Waals surface area contributed by atoms with Crippen molar-refractivity contribution in [2.75, 3.05) is 10.7 Å². The molecule has 3 aromatic rings. The normalized spacial score (nSPS) is 11.1. The zero-order valence-corrected chi connectivity index (χ0v) is 16.3. The summed E-state index contributed by atoms with van der Waals surface area (Å²) in [7, 11) is -3.97. The summed E-state index contributed by atoms with van der Waals surface area (Å²) >= 11 is 0. The predicted octanol–water partition coefficient (Wildman–Crippen LogP) is 2.45. The van der Waals surface area contributed by atoms with Crippen LogP contribution in [0.1, 0.15) is 11.1 Å². The maximum Gasteiger partial charge on any atom is 0.354 e. The maximum atomic E-state index is 12.4. The number of hydrogen-bond donors (Lipinski definition) is 3. The van der Waals surface area contributed by atoms with Gasteiger partial charge in [0.25, 0.3) is 10.0 Å². The SMILES string of the molecule is Cc1ccc(S(=O)(=O)NNc2ncnc(Nc3ccc(C)cn3)c2[N+](=O)[O-])cc1. The highest BCUT2D eigenvalue weighted by Crippen LogP contribution is 2.30. The monoisotopic (exact) mass is 415 g/mol. The Bertz CT molecular complexity index is 1130. The van der Waals surface area contributed by atoms with Crippen molar-refractivity contribution in [3.63, 3.8) is 0 Å². The molecule has 3 N–H and O–H groups in total. The first-order chi connectivity index (χ1) is 13.8. The Morgan fingerprint density at radius 2 is 1.59 bits per heavy atom. The van der Waals surface area contributed by atoms with Crippen LogP contribution in [-0.2, 0) is 10.0 Å². The van der Waals surface area contributed by atoms with Crippen molar-refractivity contribution >= 4 is 33.2 Å². The number of rotatable bonds is 7. The average Bonchev–Trinajstić information content (AvgIpc) is 2.68. The van der Waals surface area contributed by atoms with Crippen LogP contribution < -0.4 is 15.6 Å². The lowest BCUT2D eigenvalue weighted by atomic mass is 10.2. The van der Waals surface area contributed by atoms with Crippen LogP contribution in [0.4, 0.5) is 23.1 Å². The van der Waals surface area contributed by atoms with Gasteiger partial charge in [-0.05, 0) is 37.6 Å². The zero-order chi connectivity index (χ0) is 21.0. The van der Waals surface area contributed by atoms with Crippen LogP contribution in [0.25, 0.3) is 0 Å². The van der Waals surface area contributed by atoms with Crippen LogP contribution >= 0.6 is 0 Å². The van der Waals surface area contributed by atoms with Gasteiger partial charge < -0.3 is 5.32 Å². The van der Waals surface area contributed by atoms with Crippen molar-refractivity contribution in [3.8, 4) is 0 Å². The molecule has 0 saturated heterocycles. The first kappa shape index (κ1) is 20.1. The van der Waals surface area contributed by atoms with Crippen LogP contribution in [0.3, 0.4) is 0 Å². The van der Waals surface area contributed by atoms with E-state index in [-0.39, 0.29) is 16.5 Å². The molecule has 0 fully saturated rings. The Kier molecular flexibility index (Phi) is 5.66. The Labute approximate surface area is 166 Å². The third-order valence-corrected chi connectivity index (χ3v) is 5.06. The number of anilines is 3. The van der Waals surface area contributed by atoms with Gasteiger partial charge in [-0.25, -0.2) is 23.4 Å². The molecule has 150 valence electrons. The highest BCUT2D eigenvalue weighted by molar-refractivity contribution is 7.89. The molecule has 0 bridgehead atoms. The van der Waals surface area contributed by atoms with Gasteiger partial charge >= 0.3 is 5.69 Å². The van der Waals surface area contributed by atoms with Crippen molar-refractivity contribution in [2.45, 2.75) is 18.7 Å². The van der Waals surface area contributed by atoms with E-state index in [1.165, 1.54) is 12.1 Å². The fourth-order valence-corrected chi connectivity index (χ4v) is 3.13. The van der Waals surface area contributed by atoms with Crippen molar-refractivity contribution in [1.29, 1.82) is 0 Å². The molecular formula is C17H17N7O4S. The molecule has 0 aliphatic rings. The van der Waals surface area contributed by atoms with Gasteiger partial charge in [0.05, 0.1) is 9.82 Å². The van der Waals surface area contributed by atoms with Crippen LogP contribution in [-0.4, -0.2) is 28.3 Å². The van der Waals surface area contributed by atoms with Crippen LogP contribution in [0.2, 0.25) is 0 Å². The summed E-state index contributed by atoms with van der Waals surface area (Å²) in [5, 5.41) is 14.3. The Morgan fingerprint density at radius 1 is 0.931 bits per heavy atom. The van der Waals surface area contributed by atoms with E-state index < -0.39 is 20.6 Å². The number of nitrogens with zero attached hydrogens (tertiary/aromatic N) is 4. The lowest BCUT2D eigenvalue weighted by Gasteiger charge is -2.11. The number of aromatic nitrogens is 3. The van der Waals surface area contributed by atoms with Crippen LogP contribution in [0.5, 0.6) is 0 Å². The molecule has 0 aliphatic heterocycles. The quantitative estimate of drug-likeness (QED) is 0.390. The number of nitro groups is 1. The van der Waals surface area contributed by atoms with Crippen molar-refractivity contribution in [2.24, 2.45) is 0 Å². The second-order valence-electron chi connectivity index (χ2n) is 6.07. The van der Waals surface area contributed by atoms with Crippen LogP contribution in [0, 0.1) is 24.0 Å². The summed E-state index contributed by atoms with van der Waals surface area (Å²) in [6, 6.07) is 9.52. The third-order valence-electron chi connectivity index (χ3n) is 3.80. The number of hydrogen-bond acceptors (Lipinski definition) is 9.